The van der Waals surface area contributed by atoms with Gasteiger partial charge < -0.3 is 10.6 Å². The van der Waals surface area contributed by atoms with Gasteiger partial charge in [0.05, 0.1) is 12.1 Å². The van der Waals surface area contributed by atoms with E-state index in [9.17, 15) is 4.79 Å². The number of hydrogen-bond donors (Lipinski definition) is 2. The molecule has 0 spiro atoms. The number of benzene rings is 3. The van der Waals surface area contributed by atoms with Gasteiger partial charge in [-0.15, -0.1) is 0 Å². The molecular formula is C25H26N2O. The number of aryl methyl sites for hydroxylation is 1. The minimum atomic E-state index is -0.167. The molecule has 0 radical (unpaired) electrons. The third kappa shape index (κ3) is 4.00. The molecule has 0 bridgehead atoms. The van der Waals surface area contributed by atoms with Gasteiger partial charge in [0, 0.05) is 6.54 Å². The molecule has 0 saturated carbocycles. The fourth-order valence-corrected chi connectivity index (χ4v) is 4.11. The summed E-state index contributed by atoms with van der Waals surface area (Å²) in [6.07, 6.45) is 0.826. The van der Waals surface area contributed by atoms with Crippen LogP contribution in [-0.2, 0) is 4.79 Å². The monoisotopic (exact) mass is 370 g/mol. The molecule has 3 aromatic carbocycles. The van der Waals surface area contributed by atoms with Crippen molar-refractivity contribution in [1.29, 1.82) is 0 Å². The fourth-order valence-electron chi connectivity index (χ4n) is 4.11. The zero-order valence-corrected chi connectivity index (χ0v) is 16.1. The molecule has 142 valence electrons. The van der Waals surface area contributed by atoms with Crippen molar-refractivity contribution in [3.8, 4) is 0 Å². The Morgan fingerprint density at radius 1 is 0.893 bits per heavy atom. The topological polar surface area (TPSA) is 41.1 Å². The van der Waals surface area contributed by atoms with E-state index in [1.165, 1.54) is 11.1 Å². The summed E-state index contributed by atoms with van der Waals surface area (Å²) in [7, 11) is 0. The predicted octanol–water partition coefficient (Wildman–Crippen LogP) is 4.35. The summed E-state index contributed by atoms with van der Waals surface area (Å²) in [6, 6.07) is 28.5. The SMILES string of the molecule is Cc1ccccc1[C@H]1CN[C@H](C(=O)NC(c2ccccc2)c2ccccc2)C1. The first kappa shape index (κ1) is 18.5. The van der Waals surface area contributed by atoms with Crippen LogP contribution in [-0.4, -0.2) is 18.5 Å². The van der Waals surface area contributed by atoms with Crippen molar-refractivity contribution in [2.24, 2.45) is 0 Å². The van der Waals surface area contributed by atoms with Crippen LogP contribution < -0.4 is 10.6 Å². The maximum Gasteiger partial charge on any atom is 0.237 e. The normalized spacial score (nSPS) is 18.9. The number of carbonyl (C=O) groups is 1. The van der Waals surface area contributed by atoms with E-state index in [0.29, 0.717) is 5.92 Å². The van der Waals surface area contributed by atoms with Crippen LogP contribution in [0.3, 0.4) is 0 Å². The van der Waals surface area contributed by atoms with Crippen molar-refractivity contribution in [1.82, 2.24) is 10.6 Å². The van der Waals surface area contributed by atoms with E-state index >= 15 is 0 Å². The first-order valence-corrected chi connectivity index (χ1v) is 9.91. The molecule has 28 heavy (non-hydrogen) atoms. The molecule has 1 saturated heterocycles. The van der Waals surface area contributed by atoms with E-state index in [0.717, 1.165) is 24.1 Å². The van der Waals surface area contributed by atoms with E-state index in [1.807, 2.05) is 36.4 Å². The second-order valence-corrected chi connectivity index (χ2v) is 7.51. The van der Waals surface area contributed by atoms with E-state index in [1.54, 1.807) is 0 Å². The average molecular weight is 370 g/mol. The molecule has 3 aromatic rings. The Hall–Kier alpha value is -2.91. The van der Waals surface area contributed by atoms with Gasteiger partial charge in [-0.05, 0) is 41.5 Å². The van der Waals surface area contributed by atoms with Crippen molar-refractivity contribution < 1.29 is 4.79 Å². The number of amides is 1. The van der Waals surface area contributed by atoms with E-state index in [-0.39, 0.29) is 18.0 Å². The van der Waals surface area contributed by atoms with Crippen LogP contribution in [0.1, 0.15) is 40.6 Å². The summed E-state index contributed by atoms with van der Waals surface area (Å²) in [6.45, 7) is 2.98. The lowest BCUT2D eigenvalue weighted by molar-refractivity contribution is -0.123. The van der Waals surface area contributed by atoms with Crippen LogP contribution in [0.2, 0.25) is 0 Å². The molecular weight excluding hydrogens is 344 g/mol. The third-order valence-corrected chi connectivity index (χ3v) is 5.63. The van der Waals surface area contributed by atoms with Gasteiger partial charge in [0.15, 0.2) is 0 Å². The maximum atomic E-state index is 13.1. The summed E-state index contributed by atoms with van der Waals surface area (Å²) < 4.78 is 0. The Labute approximate surface area is 166 Å². The predicted molar refractivity (Wildman–Crippen MR) is 113 cm³/mol. The van der Waals surface area contributed by atoms with Crippen molar-refractivity contribution in [2.45, 2.75) is 31.3 Å². The number of nitrogens with one attached hydrogen (secondary N) is 2. The zero-order valence-electron chi connectivity index (χ0n) is 16.1. The molecule has 3 heteroatoms. The summed E-state index contributed by atoms with van der Waals surface area (Å²) >= 11 is 0. The lowest BCUT2D eigenvalue weighted by atomic mass is 9.92. The quantitative estimate of drug-likeness (QED) is 0.701. The molecule has 0 unspecified atom stereocenters. The molecule has 2 atom stereocenters. The molecule has 4 rings (SSSR count). The van der Waals surface area contributed by atoms with Gasteiger partial charge in [0.1, 0.15) is 0 Å². The first-order chi connectivity index (χ1) is 13.7. The Bertz CT molecular complexity index is 884. The first-order valence-electron chi connectivity index (χ1n) is 9.91. The van der Waals surface area contributed by atoms with Crippen LogP contribution >= 0.6 is 0 Å². The smallest absolute Gasteiger partial charge is 0.237 e. The molecule has 0 aromatic heterocycles. The average Bonchev–Trinajstić information content (AvgIpc) is 3.23. The van der Waals surface area contributed by atoms with Gasteiger partial charge in [-0.25, -0.2) is 0 Å². The van der Waals surface area contributed by atoms with Crippen LogP contribution in [0.4, 0.5) is 0 Å². The largest absolute Gasteiger partial charge is 0.344 e. The maximum absolute atomic E-state index is 13.1. The van der Waals surface area contributed by atoms with Gasteiger partial charge in [0.2, 0.25) is 5.91 Å². The summed E-state index contributed by atoms with van der Waals surface area (Å²) in [5.41, 5.74) is 4.82. The fraction of sp³-hybridized carbons (Fsp3) is 0.240. The second-order valence-electron chi connectivity index (χ2n) is 7.51. The Kier molecular flexibility index (Phi) is 5.54. The Balaban J connectivity index is 1.50. The molecule has 1 heterocycles. The van der Waals surface area contributed by atoms with E-state index < -0.39 is 0 Å². The lowest BCUT2D eigenvalue weighted by Crippen LogP contribution is -2.42. The third-order valence-electron chi connectivity index (χ3n) is 5.63. The molecule has 1 fully saturated rings. The standard InChI is InChI=1S/C25H26N2O/c1-18-10-8-9-15-22(18)21-16-23(26-17-21)25(28)27-24(19-11-4-2-5-12-19)20-13-6-3-7-14-20/h2-15,21,23-24,26H,16-17H2,1H3,(H,27,28)/t21-,23+/m1/s1. The molecule has 1 aliphatic heterocycles. The van der Waals surface area contributed by atoms with E-state index in [4.69, 9.17) is 0 Å². The van der Waals surface area contributed by atoms with Crippen LogP contribution in [0.25, 0.3) is 0 Å². The van der Waals surface area contributed by atoms with Gasteiger partial charge >= 0.3 is 0 Å². The van der Waals surface area contributed by atoms with Crippen LogP contribution in [0, 0.1) is 6.92 Å². The van der Waals surface area contributed by atoms with E-state index in [2.05, 4.69) is 66.1 Å². The minimum absolute atomic E-state index is 0.0637. The summed E-state index contributed by atoms with van der Waals surface area (Å²) in [4.78, 5) is 13.1. The summed E-state index contributed by atoms with van der Waals surface area (Å²) in [5.74, 6) is 0.442. The van der Waals surface area contributed by atoms with Crippen molar-refractivity contribution in [2.75, 3.05) is 6.54 Å². The molecule has 1 aliphatic rings. The zero-order chi connectivity index (χ0) is 19.3. The molecule has 3 nitrogen and oxygen atoms in total. The Morgan fingerprint density at radius 3 is 2.07 bits per heavy atom. The lowest BCUT2D eigenvalue weighted by Gasteiger charge is -2.22. The molecule has 0 aliphatic carbocycles. The summed E-state index contributed by atoms with van der Waals surface area (Å²) in [5, 5.41) is 6.71. The highest BCUT2D eigenvalue weighted by atomic mass is 16.2. The number of rotatable bonds is 5. The van der Waals surface area contributed by atoms with Gasteiger partial charge in [-0.3, -0.25) is 4.79 Å². The van der Waals surface area contributed by atoms with Gasteiger partial charge in [0.25, 0.3) is 0 Å². The van der Waals surface area contributed by atoms with Crippen LogP contribution in [0.15, 0.2) is 84.9 Å². The molecule has 2 N–H and O–H groups in total. The van der Waals surface area contributed by atoms with Crippen molar-refractivity contribution in [3.05, 3.63) is 107 Å². The number of carbonyl (C=O) groups excluding carboxylic acids is 1. The van der Waals surface area contributed by atoms with Gasteiger partial charge in [-0.2, -0.15) is 0 Å². The second kappa shape index (κ2) is 8.41. The van der Waals surface area contributed by atoms with Crippen LogP contribution in [0.5, 0.6) is 0 Å². The molecule has 1 amide bonds. The highest BCUT2D eigenvalue weighted by Crippen LogP contribution is 2.29. The van der Waals surface area contributed by atoms with Gasteiger partial charge in [-0.1, -0.05) is 84.9 Å². The van der Waals surface area contributed by atoms with Crippen molar-refractivity contribution >= 4 is 5.91 Å². The Morgan fingerprint density at radius 2 is 1.46 bits per heavy atom. The number of hydrogen-bond acceptors (Lipinski definition) is 2. The minimum Gasteiger partial charge on any atom is -0.344 e. The highest BCUT2D eigenvalue weighted by Gasteiger charge is 2.32. The van der Waals surface area contributed by atoms with Crippen molar-refractivity contribution in [3.63, 3.8) is 0 Å². The highest BCUT2D eigenvalue weighted by molar-refractivity contribution is 5.83.